The normalized spacial score (nSPS) is 11.9. The van der Waals surface area contributed by atoms with Gasteiger partial charge in [0.05, 0.1) is 15.5 Å². The molecule has 0 unspecified atom stereocenters. The monoisotopic (exact) mass is 419 g/mol. The summed E-state index contributed by atoms with van der Waals surface area (Å²) >= 11 is 0. The molecule has 0 saturated carbocycles. The predicted octanol–water partition coefficient (Wildman–Crippen LogP) is 3.55. The van der Waals surface area contributed by atoms with Crippen LogP contribution in [-0.2, 0) is 21.2 Å². The van der Waals surface area contributed by atoms with E-state index in [0.29, 0.717) is 12.1 Å². The third kappa shape index (κ3) is 6.65. The molecule has 0 atom stereocenters. The number of carbonyl (C=O) groups is 1. The molecule has 156 valence electrons. The molecule has 0 heterocycles. The number of nitro benzene ring substituents is 1. The van der Waals surface area contributed by atoms with E-state index in [0.717, 1.165) is 11.1 Å². The number of anilines is 1. The molecule has 0 radical (unpaired) electrons. The molecule has 9 heteroatoms. The zero-order valence-electron chi connectivity index (χ0n) is 16.9. The van der Waals surface area contributed by atoms with Crippen LogP contribution in [0.4, 0.5) is 11.4 Å². The summed E-state index contributed by atoms with van der Waals surface area (Å²) < 4.78 is 27.2. The highest BCUT2D eigenvalue weighted by molar-refractivity contribution is 7.89. The van der Waals surface area contributed by atoms with Crippen molar-refractivity contribution in [1.29, 1.82) is 0 Å². The minimum atomic E-state index is -3.61. The summed E-state index contributed by atoms with van der Waals surface area (Å²) in [5.41, 5.74) is 1.26. The van der Waals surface area contributed by atoms with Gasteiger partial charge in [0, 0.05) is 24.1 Å². The van der Waals surface area contributed by atoms with Gasteiger partial charge in [-0.25, -0.2) is 13.1 Å². The van der Waals surface area contributed by atoms with Crippen molar-refractivity contribution in [2.75, 3.05) is 5.32 Å². The van der Waals surface area contributed by atoms with E-state index in [1.807, 2.05) is 0 Å². The Labute approximate surface area is 170 Å². The van der Waals surface area contributed by atoms with Crippen LogP contribution in [0.5, 0.6) is 0 Å². The summed E-state index contributed by atoms with van der Waals surface area (Å²) in [6, 6.07) is 10.6. The zero-order valence-corrected chi connectivity index (χ0v) is 17.7. The summed E-state index contributed by atoms with van der Waals surface area (Å²) in [7, 11) is -3.61. The molecule has 0 bridgehead atoms. The second-order valence-electron chi connectivity index (χ2n) is 7.80. The Morgan fingerprint density at radius 1 is 1.10 bits per heavy atom. The fraction of sp³-hybridized carbons (Fsp3) is 0.350. The van der Waals surface area contributed by atoms with E-state index >= 15 is 0 Å². The van der Waals surface area contributed by atoms with Crippen LogP contribution >= 0.6 is 0 Å². The maximum absolute atomic E-state index is 12.3. The maximum atomic E-state index is 12.3. The lowest BCUT2D eigenvalue weighted by molar-refractivity contribution is -0.384. The first-order valence-electron chi connectivity index (χ1n) is 9.05. The van der Waals surface area contributed by atoms with Gasteiger partial charge in [0.15, 0.2) is 0 Å². The van der Waals surface area contributed by atoms with Crippen LogP contribution in [0.25, 0.3) is 0 Å². The molecular weight excluding hydrogens is 394 g/mol. The van der Waals surface area contributed by atoms with Crippen LogP contribution in [0.1, 0.15) is 38.3 Å². The van der Waals surface area contributed by atoms with Crippen LogP contribution < -0.4 is 10.0 Å². The average molecular weight is 420 g/mol. The van der Waals surface area contributed by atoms with Crippen LogP contribution in [0.3, 0.4) is 0 Å². The first kappa shape index (κ1) is 22.5. The number of hydrogen-bond acceptors (Lipinski definition) is 5. The number of benzene rings is 2. The summed E-state index contributed by atoms with van der Waals surface area (Å²) in [4.78, 5) is 22.7. The van der Waals surface area contributed by atoms with E-state index in [-0.39, 0.29) is 22.9 Å². The number of rotatable bonds is 7. The van der Waals surface area contributed by atoms with E-state index in [1.54, 1.807) is 45.9 Å². The van der Waals surface area contributed by atoms with Gasteiger partial charge in [-0.3, -0.25) is 14.9 Å². The lowest BCUT2D eigenvalue weighted by atomic mass is 10.1. The molecule has 0 fully saturated rings. The average Bonchev–Trinajstić information content (AvgIpc) is 2.60. The standard InChI is InChI=1S/C20H25N3O5S/c1-14-5-9-16(23(25)26)13-18(14)21-19(24)12-8-15-6-10-17(11-7-15)29(27,28)22-20(2,3)4/h5-7,9-11,13,22H,8,12H2,1-4H3,(H,21,24). The van der Waals surface area contributed by atoms with E-state index < -0.39 is 20.5 Å². The molecule has 0 saturated heterocycles. The molecule has 8 nitrogen and oxygen atoms in total. The Bertz CT molecular complexity index is 1010. The largest absolute Gasteiger partial charge is 0.326 e. The van der Waals surface area contributed by atoms with Crippen molar-refractivity contribution in [2.24, 2.45) is 0 Å². The van der Waals surface area contributed by atoms with Gasteiger partial charge in [-0.05, 0) is 57.4 Å². The Kier molecular flexibility index (Phi) is 6.76. The van der Waals surface area contributed by atoms with Crippen LogP contribution in [0.2, 0.25) is 0 Å². The first-order valence-corrected chi connectivity index (χ1v) is 10.5. The third-order valence-corrected chi connectivity index (χ3v) is 5.79. The number of hydrogen-bond donors (Lipinski definition) is 2. The molecule has 2 rings (SSSR count). The summed E-state index contributed by atoms with van der Waals surface area (Å²) in [5, 5.41) is 13.6. The van der Waals surface area contributed by atoms with Gasteiger partial charge in [-0.1, -0.05) is 18.2 Å². The molecule has 2 aromatic rings. The van der Waals surface area contributed by atoms with Crippen LogP contribution in [-0.4, -0.2) is 24.8 Å². The number of non-ortho nitro benzene ring substituents is 1. The second kappa shape index (κ2) is 8.71. The zero-order chi connectivity index (χ0) is 21.8. The molecular formula is C20H25N3O5S. The molecule has 1 amide bonds. The number of amides is 1. The molecule has 0 aliphatic carbocycles. The molecule has 0 aromatic heterocycles. The lowest BCUT2D eigenvalue weighted by Gasteiger charge is -2.20. The number of nitro groups is 1. The Hall–Kier alpha value is -2.78. The summed E-state index contributed by atoms with van der Waals surface area (Å²) in [5.74, 6) is -0.278. The smallest absolute Gasteiger partial charge is 0.271 e. The van der Waals surface area contributed by atoms with Gasteiger partial charge in [0.1, 0.15) is 0 Å². The molecule has 2 N–H and O–H groups in total. The minimum absolute atomic E-state index is 0.0911. The van der Waals surface area contributed by atoms with Gasteiger partial charge in [-0.2, -0.15) is 0 Å². The van der Waals surface area contributed by atoms with Crippen molar-refractivity contribution in [2.45, 2.75) is 51.0 Å². The Morgan fingerprint density at radius 3 is 2.28 bits per heavy atom. The number of aryl methyl sites for hydroxylation is 2. The fourth-order valence-electron chi connectivity index (χ4n) is 2.63. The van der Waals surface area contributed by atoms with Crippen molar-refractivity contribution in [1.82, 2.24) is 4.72 Å². The minimum Gasteiger partial charge on any atom is -0.326 e. The molecule has 0 aliphatic rings. The number of carbonyl (C=O) groups excluding carboxylic acids is 1. The number of nitrogens with zero attached hydrogens (tertiary/aromatic N) is 1. The quantitative estimate of drug-likeness (QED) is 0.525. The second-order valence-corrected chi connectivity index (χ2v) is 9.49. The van der Waals surface area contributed by atoms with E-state index in [4.69, 9.17) is 0 Å². The highest BCUT2D eigenvalue weighted by Gasteiger charge is 2.21. The van der Waals surface area contributed by atoms with Crippen molar-refractivity contribution in [3.05, 3.63) is 63.7 Å². The van der Waals surface area contributed by atoms with E-state index in [9.17, 15) is 23.3 Å². The number of sulfonamides is 1. The van der Waals surface area contributed by atoms with Crippen molar-refractivity contribution >= 4 is 27.3 Å². The third-order valence-electron chi connectivity index (χ3n) is 4.02. The maximum Gasteiger partial charge on any atom is 0.271 e. The predicted molar refractivity (Wildman–Crippen MR) is 111 cm³/mol. The van der Waals surface area contributed by atoms with Crippen LogP contribution in [0.15, 0.2) is 47.4 Å². The van der Waals surface area contributed by atoms with Gasteiger partial charge in [0.2, 0.25) is 15.9 Å². The molecule has 0 aliphatic heterocycles. The molecule has 0 spiro atoms. The topological polar surface area (TPSA) is 118 Å². The Morgan fingerprint density at radius 2 is 1.72 bits per heavy atom. The highest BCUT2D eigenvalue weighted by Crippen LogP contribution is 2.22. The van der Waals surface area contributed by atoms with E-state index in [2.05, 4.69) is 10.0 Å². The highest BCUT2D eigenvalue weighted by atomic mass is 32.2. The van der Waals surface area contributed by atoms with Gasteiger partial charge in [0.25, 0.3) is 5.69 Å². The van der Waals surface area contributed by atoms with E-state index in [1.165, 1.54) is 24.3 Å². The molecule has 2 aromatic carbocycles. The number of nitrogens with one attached hydrogen (secondary N) is 2. The van der Waals surface area contributed by atoms with Crippen molar-refractivity contribution < 1.29 is 18.1 Å². The van der Waals surface area contributed by atoms with Crippen molar-refractivity contribution in [3.63, 3.8) is 0 Å². The molecule has 29 heavy (non-hydrogen) atoms. The van der Waals surface area contributed by atoms with Gasteiger partial charge < -0.3 is 5.32 Å². The lowest BCUT2D eigenvalue weighted by Crippen LogP contribution is -2.40. The fourth-order valence-corrected chi connectivity index (χ4v) is 4.04. The Balaban J connectivity index is 1.99. The summed E-state index contributed by atoms with van der Waals surface area (Å²) in [6.45, 7) is 7.05. The van der Waals surface area contributed by atoms with Gasteiger partial charge >= 0.3 is 0 Å². The van der Waals surface area contributed by atoms with Crippen molar-refractivity contribution in [3.8, 4) is 0 Å². The van der Waals surface area contributed by atoms with Gasteiger partial charge in [-0.15, -0.1) is 0 Å². The van der Waals surface area contributed by atoms with Crippen LogP contribution in [0, 0.1) is 17.0 Å². The first-order chi connectivity index (χ1) is 13.4. The SMILES string of the molecule is Cc1ccc([N+](=O)[O-])cc1NC(=O)CCc1ccc(S(=O)(=O)NC(C)(C)C)cc1. The summed E-state index contributed by atoms with van der Waals surface area (Å²) in [6.07, 6.45) is 0.571.